The number of carbonyl (C=O) groups excluding carboxylic acids is 2. The van der Waals surface area contributed by atoms with Crippen molar-refractivity contribution < 1.29 is 27.5 Å². The highest BCUT2D eigenvalue weighted by molar-refractivity contribution is 6.13. The van der Waals surface area contributed by atoms with Crippen LogP contribution in [0.25, 0.3) is 0 Å². The predicted octanol–water partition coefficient (Wildman–Crippen LogP) is 3.38. The second-order valence-corrected chi connectivity index (χ2v) is 4.90. The van der Waals surface area contributed by atoms with Gasteiger partial charge in [0.2, 0.25) is 0 Å². The van der Waals surface area contributed by atoms with E-state index in [0.29, 0.717) is 11.1 Å². The van der Waals surface area contributed by atoms with E-state index in [0.717, 1.165) is 11.0 Å². The molecule has 2 amide bonds. The highest BCUT2D eigenvalue weighted by Crippen LogP contribution is 2.30. The van der Waals surface area contributed by atoms with Gasteiger partial charge in [-0.15, -0.1) is 13.2 Å². The van der Waals surface area contributed by atoms with Crippen molar-refractivity contribution in [2.75, 3.05) is 0 Å². The van der Waals surface area contributed by atoms with Gasteiger partial charge in [-0.25, -0.2) is 0 Å². The number of alkyl halides is 3. The van der Waals surface area contributed by atoms with E-state index in [2.05, 4.69) is 4.74 Å². The predicted molar refractivity (Wildman–Crippen MR) is 73.8 cm³/mol. The van der Waals surface area contributed by atoms with Gasteiger partial charge in [-0.3, -0.25) is 14.5 Å². The number of halogens is 3. The molecule has 2 aromatic rings. The number of carbonyl (C=O) groups is 2. The lowest BCUT2D eigenvalue weighted by molar-refractivity contribution is -0.274. The van der Waals surface area contributed by atoms with Crippen LogP contribution in [0, 0.1) is 0 Å². The number of para-hydroxylation sites is 1. The maximum absolute atomic E-state index is 12.5. The number of amides is 2. The summed E-state index contributed by atoms with van der Waals surface area (Å²) in [5.41, 5.74) is 0.709. The molecule has 0 aromatic heterocycles. The SMILES string of the molecule is O=C1c2ccccc2CN1C(=O)c1ccccc1OC(F)(F)F. The molecule has 4 nitrogen and oxygen atoms in total. The van der Waals surface area contributed by atoms with E-state index in [1.54, 1.807) is 24.3 Å². The van der Waals surface area contributed by atoms with Gasteiger partial charge in [-0.2, -0.15) is 0 Å². The molecule has 0 spiro atoms. The van der Waals surface area contributed by atoms with E-state index < -0.39 is 23.9 Å². The first-order chi connectivity index (χ1) is 10.9. The molecule has 0 atom stereocenters. The maximum atomic E-state index is 12.5. The minimum atomic E-state index is -4.92. The second-order valence-electron chi connectivity index (χ2n) is 4.90. The molecule has 0 fully saturated rings. The average molecular weight is 321 g/mol. The number of hydrogen-bond donors (Lipinski definition) is 0. The first kappa shape index (κ1) is 15.1. The summed E-state index contributed by atoms with van der Waals surface area (Å²) < 4.78 is 41.2. The number of ether oxygens (including phenoxy) is 1. The van der Waals surface area contributed by atoms with E-state index in [4.69, 9.17) is 0 Å². The molecule has 118 valence electrons. The Kier molecular flexibility index (Phi) is 3.55. The van der Waals surface area contributed by atoms with E-state index in [9.17, 15) is 22.8 Å². The molecule has 1 aliphatic rings. The summed E-state index contributed by atoms with van der Waals surface area (Å²) in [7, 11) is 0. The topological polar surface area (TPSA) is 46.6 Å². The highest BCUT2D eigenvalue weighted by atomic mass is 19.4. The first-order valence-electron chi connectivity index (χ1n) is 6.66. The molecule has 0 unspecified atom stereocenters. The van der Waals surface area contributed by atoms with Crippen LogP contribution >= 0.6 is 0 Å². The Labute approximate surface area is 129 Å². The lowest BCUT2D eigenvalue weighted by Gasteiger charge is -2.17. The second kappa shape index (κ2) is 5.42. The number of fused-ring (bicyclic) bond motifs is 1. The minimum Gasteiger partial charge on any atom is -0.405 e. The quantitative estimate of drug-likeness (QED) is 0.797. The van der Waals surface area contributed by atoms with Crippen molar-refractivity contribution in [3.63, 3.8) is 0 Å². The molecule has 0 radical (unpaired) electrons. The van der Waals surface area contributed by atoms with E-state index in [-0.39, 0.29) is 12.1 Å². The fourth-order valence-electron chi connectivity index (χ4n) is 2.42. The van der Waals surface area contributed by atoms with Crippen LogP contribution in [0.1, 0.15) is 26.3 Å². The number of nitrogens with zero attached hydrogens (tertiary/aromatic N) is 1. The molecule has 0 saturated carbocycles. The van der Waals surface area contributed by atoms with Gasteiger partial charge < -0.3 is 4.74 Å². The van der Waals surface area contributed by atoms with Gasteiger partial charge in [0.05, 0.1) is 12.1 Å². The van der Waals surface area contributed by atoms with Crippen LogP contribution in [-0.4, -0.2) is 23.1 Å². The standard InChI is InChI=1S/C16H10F3NO3/c17-16(18,19)23-13-8-4-3-7-12(13)15(22)20-9-10-5-1-2-6-11(10)14(20)21/h1-8H,9H2. The van der Waals surface area contributed by atoms with Gasteiger partial charge in [0.1, 0.15) is 5.75 Å². The monoisotopic (exact) mass is 321 g/mol. The van der Waals surface area contributed by atoms with E-state index >= 15 is 0 Å². The van der Waals surface area contributed by atoms with Gasteiger partial charge in [-0.1, -0.05) is 30.3 Å². The summed E-state index contributed by atoms with van der Waals surface area (Å²) in [4.78, 5) is 25.6. The fraction of sp³-hybridized carbons (Fsp3) is 0.125. The Morgan fingerprint density at radius 1 is 1.04 bits per heavy atom. The minimum absolute atomic E-state index is 0.0220. The van der Waals surface area contributed by atoms with Gasteiger partial charge >= 0.3 is 6.36 Å². The fourth-order valence-corrected chi connectivity index (χ4v) is 2.42. The molecule has 0 N–H and O–H groups in total. The molecule has 2 aromatic carbocycles. The zero-order valence-electron chi connectivity index (χ0n) is 11.6. The molecular formula is C16H10F3NO3. The molecule has 7 heteroatoms. The molecule has 0 aliphatic carbocycles. The van der Waals surface area contributed by atoms with Crippen LogP contribution in [0.2, 0.25) is 0 Å². The number of imide groups is 1. The smallest absolute Gasteiger partial charge is 0.405 e. The molecule has 0 saturated heterocycles. The normalized spacial score (nSPS) is 13.9. The Morgan fingerprint density at radius 3 is 2.39 bits per heavy atom. The Morgan fingerprint density at radius 2 is 1.70 bits per heavy atom. The lowest BCUT2D eigenvalue weighted by atomic mass is 10.1. The molecule has 23 heavy (non-hydrogen) atoms. The summed E-state index contributed by atoms with van der Waals surface area (Å²) in [6.45, 7) is 0.0220. The molecule has 0 bridgehead atoms. The van der Waals surface area contributed by atoms with E-state index in [1.165, 1.54) is 18.2 Å². The van der Waals surface area contributed by atoms with Crippen molar-refractivity contribution in [3.8, 4) is 5.75 Å². The molecular weight excluding hydrogens is 311 g/mol. The third-order valence-electron chi connectivity index (χ3n) is 3.41. The molecule has 3 rings (SSSR count). The summed E-state index contributed by atoms with van der Waals surface area (Å²) in [5.74, 6) is -1.99. The van der Waals surface area contributed by atoms with Crippen molar-refractivity contribution in [3.05, 3.63) is 65.2 Å². The molecule has 1 heterocycles. The van der Waals surface area contributed by atoms with Crippen LogP contribution in [0.15, 0.2) is 48.5 Å². The Hall–Kier alpha value is -2.83. The van der Waals surface area contributed by atoms with E-state index in [1.807, 2.05) is 0 Å². The zero-order chi connectivity index (χ0) is 16.6. The third kappa shape index (κ3) is 2.90. The van der Waals surface area contributed by atoms with Gasteiger partial charge in [0, 0.05) is 5.56 Å². The highest BCUT2D eigenvalue weighted by Gasteiger charge is 2.36. The van der Waals surface area contributed by atoms with Crippen molar-refractivity contribution in [1.82, 2.24) is 4.90 Å². The lowest BCUT2D eigenvalue weighted by Crippen LogP contribution is -2.32. The maximum Gasteiger partial charge on any atom is 0.573 e. The van der Waals surface area contributed by atoms with Crippen molar-refractivity contribution in [1.29, 1.82) is 0 Å². The average Bonchev–Trinajstić information content (AvgIpc) is 2.83. The van der Waals surface area contributed by atoms with Crippen molar-refractivity contribution in [2.24, 2.45) is 0 Å². The third-order valence-corrected chi connectivity index (χ3v) is 3.41. The number of hydrogen-bond acceptors (Lipinski definition) is 3. The Balaban J connectivity index is 1.92. The summed E-state index contributed by atoms with van der Waals surface area (Å²) >= 11 is 0. The van der Waals surface area contributed by atoms with Crippen LogP contribution in [0.4, 0.5) is 13.2 Å². The molecule has 1 aliphatic heterocycles. The van der Waals surface area contributed by atoms with Crippen LogP contribution < -0.4 is 4.74 Å². The first-order valence-corrected chi connectivity index (χ1v) is 6.66. The largest absolute Gasteiger partial charge is 0.573 e. The van der Waals surface area contributed by atoms with Gasteiger partial charge in [0.25, 0.3) is 11.8 Å². The Bertz CT molecular complexity index is 786. The van der Waals surface area contributed by atoms with Crippen molar-refractivity contribution >= 4 is 11.8 Å². The van der Waals surface area contributed by atoms with Crippen LogP contribution in [0.5, 0.6) is 5.75 Å². The van der Waals surface area contributed by atoms with Crippen LogP contribution in [0.3, 0.4) is 0 Å². The summed E-state index contributed by atoms with van der Waals surface area (Å²) in [6.07, 6.45) is -4.92. The number of benzene rings is 2. The summed E-state index contributed by atoms with van der Waals surface area (Å²) in [6, 6.07) is 11.6. The van der Waals surface area contributed by atoms with Gasteiger partial charge in [-0.05, 0) is 23.8 Å². The van der Waals surface area contributed by atoms with Gasteiger partial charge in [0.15, 0.2) is 0 Å². The number of rotatable bonds is 2. The van der Waals surface area contributed by atoms with Crippen LogP contribution in [-0.2, 0) is 6.54 Å². The van der Waals surface area contributed by atoms with Crippen molar-refractivity contribution in [2.45, 2.75) is 12.9 Å². The summed E-state index contributed by atoms with van der Waals surface area (Å²) in [5, 5.41) is 0. The zero-order valence-corrected chi connectivity index (χ0v) is 11.6.